The first-order chi connectivity index (χ1) is 14.4. The normalized spacial score (nSPS) is 17.4. The molecule has 0 saturated carbocycles. The Morgan fingerprint density at radius 1 is 1.20 bits per heavy atom. The van der Waals surface area contributed by atoms with Gasteiger partial charge in [-0.25, -0.2) is 17.8 Å². The van der Waals surface area contributed by atoms with Gasteiger partial charge >= 0.3 is 0 Å². The van der Waals surface area contributed by atoms with Crippen molar-refractivity contribution in [3.05, 3.63) is 77.6 Å². The Balaban J connectivity index is 1.66. The predicted molar refractivity (Wildman–Crippen MR) is 111 cm³/mol. The molecular weight excluding hydrogens is 405 g/mol. The molecule has 0 spiro atoms. The number of ether oxygens (including phenoxy) is 1. The fraction of sp³-hybridized carbons (Fsp3) is 0.318. The number of halogens is 1. The van der Waals surface area contributed by atoms with E-state index in [2.05, 4.69) is 4.98 Å². The number of hydrogen-bond acceptors (Lipinski definition) is 4. The van der Waals surface area contributed by atoms with Crippen LogP contribution >= 0.6 is 0 Å². The Morgan fingerprint density at radius 3 is 2.67 bits per heavy atom. The lowest BCUT2D eigenvalue weighted by molar-refractivity contribution is 0.374. The largest absolute Gasteiger partial charge is 0.497 e. The smallest absolute Gasteiger partial charge is 0.243 e. The molecule has 0 aliphatic carbocycles. The van der Waals surface area contributed by atoms with Crippen molar-refractivity contribution in [1.82, 2.24) is 13.9 Å². The molecule has 1 atom stereocenters. The van der Waals surface area contributed by atoms with Gasteiger partial charge in [-0.3, -0.25) is 0 Å². The van der Waals surface area contributed by atoms with Crippen LogP contribution < -0.4 is 4.74 Å². The Morgan fingerprint density at radius 2 is 1.97 bits per heavy atom. The summed E-state index contributed by atoms with van der Waals surface area (Å²) in [7, 11) is -2.20. The zero-order chi connectivity index (χ0) is 21.3. The molecule has 1 fully saturated rings. The SMILES string of the molecule is COc1ccc(Cn2c(C)cnc2C2CCCN2S(=O)(=O)c2cccc(F)c2)cc1. The highest BCUT2D eigenvalue weighted by molar-refractivity contribution is 7.89. The first-order valence-electron chi connectivity index (χ1n) is 9.82. The Labute approximate surface area is 176 Å². The average Bonchev–Trinajstić information content (AvgIpc) is 3.36. The van der Waals surface area contributed by atoms with Gasteiger partial charge in [0, 0.05) is 25.0 Å². The van der Waals surface area contributed by atoms with Crippen molar-refractivity contribution >= 4 is 10.0 Å². The average molecular weight is 430 g/mol. The third kappa shape index (κ3) is 3.85. The van der Waals surface area contributed by atoms with E-state index in [9.17, 15) is 12.8 Å². The quantitative estimate of drug-likeness (QED) is 0.596. The lowest BCUT2D eigenvalue weighted by atomic mass is 10.2. The van der Waals surface area contributed by atoms with Gasteiger partial charge in [-0.1, -0.05) is 18.2 Å². The summed E-state index contributed by atoms with van der Waals surface area (Å²) in [6.45, 7) is 2.92. The summed E-state index contributed by atoms with van der Waals surface area (Å²) in [5.74, 6) is 0.925. The molecule has 1 aliphatic heterocycles. The van der Waals surface area contributed by atoms with Crippen LogP contribution in [0.4, 0.5) is 4.39 Å². The molecule has 2 aromatic carbocycles. The van der Waals surface area contributed by atoms with Gasteiger partial charge in [-0.2, -0.15) is 4.31 Å². The molecular formula is C22H24FN3O3S. The number of nitrogens with zero attached hydrogens (tertiary/aromatic N) is 3. The molecule has 1 aliphatic rings. The van der Waals surface area contributed by atoms with E-state index in [1.165, 1.54) is 22.5 Å². The van der Waals surface area contributed by atoms with E-state index >= 15 is 0 Å². The monoisotopic (exact) mass is 429 g/mol. The summed E-state index contributed by atoms with van der Waals surface area (Å²) < 4.78 is 48.8. The van der Waals surface area contributed by atoms with Gasteiger partial charge in [-0.15, -0.1) is 0 Å². The van der Waals surface area contributed by atoms with Crippen molar-refractivity contribution in [2.75, 3.05) is 13.7 Å². The number of sulfonamides is 1. The second-order valence-corrected chi connectivity index (χ2v) is 9.31. The zero-order valence-electron chi connectivity index (χ0n) is 17.0. The highest BCUT2D eigenvalue weighted by Crippen LogP contribution is 2.36. The summed E-state index contributed by atoms with van der Waals surface area (Å²) in [5.41, 5.74) is 2.02. The van der Waals surface area contributed by atoms with Gasteiger partial charge in [-0.05, 0) is 55.7 Å². The van der Waals surface area contributed by atoms with Crippen LogP contribution in [-0.4, -0.2) is 35.9 Å². The van der Waals surface area contributed by atoms with Crippen molar-refractivity contribution in [1.29, 1.82) is 0 Å². The van der Waals surface area contributed by atoms with E-state index < -0.39 is 15.8 Å². The van der Waals surface area contributed by atoms with Crippen LogP contribution in [0.5, 0.6) is 5.75 Å². The minimum absolute atomic E-state index is 0.0283. The number of benzene rings is 2. The third-order valence-electron chi connectivity index (χ3n) is 5.49. The lowest BCUT2D eigenvalue weighted by Gasteiger charge is -2.25. The van der Waals surface area contributed by atoms with Crippen molar-refractivity contribution in [3.8, 4) is 5.75 Å². The fourth-order valence-corrected chi connectivity index (χ4v) is 5.60. The fourth-order valence-electron chi connectivity index (χ4n) is 3.91. The third-order valence-corrected chi connectivity index (χ3v) is 7.39. The summed E-state index contributed by atoms with van der Waals surface area (Å²) >= 11 is 0. The van der Waals surface area contributed by atoms with Gasteiger partial charge < -0.3 is 9.30 Å². The molecule has 0 N–H and O–H groups in total. The molecule has 6 nitrogen and oxygen atoms in total. The van der Waals surface area contributed by atoms with Gasteiger partial charge in [0.05, 0.1) is 18.0 Å². The van der Waals surface area contributed by atoms with Crippen LogP contribution in [0.25, 0.3) is 0 Å². The number of aryl methyl sites for hydroxylation is 1. The molecule has 1 aromatic heterocycles. The number of aromatic nitrogens is 2. The van der Waals surface area contributed by atoms with E-state index in [4.69, 9.17) is 4.74 Å². The number of imidazole rings is 1. The van der Waals surface area contributed by atoms with Crippen LogP contribution in [0.3, 0.4) is 0 Å². The summed E-state index contributed by atoms with van der Waals surface area (Å²) in [6, 6.07) is 12.5. The zero-order valence-corrected chi connectivity index (χ0v) is 17.8. The second kappa shape index (κ2) is 8.20. The van der Waals surface area contributed by atoms with Crippen LogP contribution in [0.15, 0.2) is 59.6 Å². The molecule has 0 bridgehead atoms. The van der Waals surface area contributed by atoms with Crippen LogP contribution in [0, 0.1) is 12.7 Å². The molecule has 1 unspecified atom stereocenters. The molecule has 30 heavy (non-hydrogen) atoms. The molecule has 1 saturated heterocycles. The predicted octanol–water partition coefficient (Wildman–Crippen LogP) is 3.91. The van der Waals surface area contributed by atoms with Crippen molar-refractivity contribution in [2.45, 2.75) is 37.2 Å². The molecule has 0 amide bonds. The topological polar surface area (TPSA) is 64.4 Å². The minimum Gasteiger partial charge on any atom is -0.497 e. The highest BCUT2D eigenvalue weighted by atomic mass is 32.2. The highest BCUT2D eigenvalue weighted by Gasteiger charge is 2.38. The van der Waals surface area contributed by atoms with E-state index in [1.54, 1.807) is 13.3 Å². The van der Waals surface area contributed by atoms with E-state index in [0.29, 0.717) is 25.3 Å². The molecule has 158 valence electrons. The summed E-state index contributed by atoms with van der Waals surface area (Å²) in [6.07, 6.45) is 3.17. The van der Waals surface area contributed by atoms with Gasteiger partial charge in [0.25, 0.3) is 0 Å². The van der Waals surface area contributed by atoms with Gasteiger partial charge in [0.1, 0.15) is 17.4 Å². The van der Waals surface area contributed by atoms with Crippen molar-refractivity contribution < 1.29 is 17.5 Å². The summed E-state index contributed by atoms with van der Waals surface area (Å²) in [5, 5.41) is 0. The maximum absolute atomic E-state index is 13.7. The van der Waals surface area contributed by atoms with E-state index in [1.807, 2.05) is 35.8 Å². The Hall–Kier alpha value is -2.71. The van der Waals surface area contributed by atoms with Crippen LogP contribution in [0.1, 0.15) is 36.0 Å². The molecule has 3 aromatic rings. The minimum atomic E-state index is -3.82. The molecule has 2 heterocycles. The van der Waals surface area contributed by atoms with Crippen LogP contribution in [-0.2, 0) is 16.6 Å². The van der Waals surface area contributed by atoms with Crippen molar-refractivity contribution in [2.24, 2.45) is 0 Å². The standard InChI is InChI=1S/C22H24FN3O3S/c1-16-14-24-22(25(16)15-17-8-10-19(29-2)11-9-17)21-7-4-12-26(21)30(27,28)20-6-3-5-18(23)13-20/h3,5-6,8-11,13-14,21H,4,7,12,15H2,1-2H3. The molecule has 0 radical (unpaired) electrons. The Kier molecular flexibility index (Phi) is 5.62. The maximum Gasteiger partial charge on any atom is 0.243 e. The van der Waals surface area contributed by atoms with Gasteiger partial charge in [0.2, 0.25) is 10.0 Å². The Bertz CT molecular complexity index is 1140. The summed E-state index contributed by atoms with van der Waals surface area (Å²) in [4.78, 5) is 4.53. The lowest BCUT2D eigenvalue weighted by Crippen LogP contribution is -2.32. The van der Waals surface area contributed by atoms with Crippen LogP contribution in [0.2, 0.25) is 0 Å². The first-order valence-corrected chi connectivity index (χ1v) is 11.3. The van der Waals surface area contributed by atoms with E-state index in [-0.39, 0.29) is 10.9 Å². The second-order valence-electron chi connectivity index (χ2n) is 7.42. The number of hydrogen-bond donors (Lipinski definition) is 0. The maximum atomic E-state index is 13.7. The van der Waals surface area contributed by atoms with E-state index in [0.717, 1.165) is 29.5 Å². The number of rotatable bonds is 6. The first kappa shape index (κ1) is 20.6. The molecule has 8 heteroatoms. The number of methoxy groups -OCH3 is 1. The van der Waals surface area contributed by atoms with Crippen molar-refractivity contribution in [3.63, 3.8) is 0 Å². The van der Waals surface area contributed by atoms with Gasteiger partial charge in [0.15, 0.2) is 0 Å². The molecule has 4 rings (SSSR count).